The average molecular weight is 364 g/mol. The van der Waals surface area contributed by atoms with E-state index >= 15 is 0 Å². The summed E-state index contributed by atoms with van der Waals surface area (Å²) in [4.78, 5) is 29.7. The highest BCUT2D eigenvalue weighted by Crippen LogP contribution is 2.32. The van der Waals surface area contributed by atoms with Gasteiger partial charge in [0.15, 0.2) is 11.2 Å². The summed E-state index contributed by atoms with van der Waals surface area (Å²) in [6, 6.07) is 14.0. The molecule has 0 atom stereocenters. The number of hydrogen-bond acceptors (Lipinski definition) is 5. The summed E-state index contributed by atoms with van der Waals surface area (Å²) in [5.41, 5.74) is 2.07. The Morgan fingerprint density at radius 1 is 1.23 bits per heavy atom. The lowest BCUT2D eigenvalue weighted by molar-refractivity contribution is -0.142. The highest BCUT2D eigenvalue weighted by atomic mass is 32.1. The summed E-state index contributed by atoms with van der Waals surface area (Å²) in [5.74, 6) is -0.279. The second kappa shape index (κ2) is 6.72. The van der Waals surface area contributed by atoms with Gasteiger partial charge in [0, 0.05) is 16.6 Å². The predicted octanol–water partition coefficient (Wildman–Crippen LogP) is 4.13. The molecule has 0 fully saturated rings. The lowest BCUT2D eigenvalue weighted by atomic mass is 10.0. The van der Waals surface area contributed by atoms with Crippen LogP contribution in [0.5, 0.6) is 0 Å². The SMILES string of the molecule is CCOC(=O)Cc1cn2c(C=O)c(-c3cccc4ccccc34)nc2s1. The van der Waals surface area contributed by atoms with E-state index in [0.717, 1.165) is 27.5 Å². The lowest BCUT2D eigenvalue weighted by Gasteiger charge is -2.04. The topological polar surface area (TPSA) is 60.7 Å². The van der Waals surface area contributed by atoms with E-state index in [1.807, 2.05) is 42.5 Å². The van der Waals surface area contributed by atoms with Crippen molar-refractivity contribution in [2.75, 3.05) is 6.61 Å². The Morgan fingerprint density at radius 2 is 2.04 bits per heavy atom. The Labute approximate surface area is 153 Å². The molecule has 0 N–H and O–H groups in total. The molecule has 4 aromatic rings. The number of fused-ring (bicyclic) bond motifs is 2. The molecule has 0 radical (unpaired) electrons. The minimum atomic E-state index is -0.279. The number of benzene rings is 2. The summed E-state index contributed by atoms with van der Waals surface area (Å²) in [7, 11) is 0. The van der Waals surface area contributed by atoms with Crippen LogP contribution < -0.4 is 0 Å². The fourth-order valence-electron chi connectivity index (χ4n) is 3.09. The monoisotopic (exact) mass is 364 g/mol. The van der Waals surface area contributed by atoms with Gasteiger partial charge in [-0.05, 0) is 17.7 Å². The van der Waals surface area contributed by atoms with Crippen molar-refractivity contribution in [1.82, 2.24) is 9.38 Å². The smallest absolute Gasteiger partial charge is 0.311 e. The molecule has 0 aliphatic rings. The van der Waals surface area contributed by atoms with Crippen LogP contribution in [0.15, 0.2) is 48.7 Å². The number of carbonyl (C=O) groups excluding carboxylic acids is 2. The number of esters is 1. The number of ether oxygens (including phenoxy) is 1. The first kappa shape index (κ1) is 16.5. The summed E-state index contributed by atoms with van der Waals surface area (Å²) in [6.45, 7) is 2.13. The fourth-order valence-corrected chi connectivity index (χ4v) is 4.06. The van der Waals surface area contributed by atoms with Crippen LogP contribution in [0.4, 0.5) is 0 Å². The van der Waals surface area contributed by atoms with Crippen LogP contribution in [-0.2, 0) is 16.0 Å². The van der Waals surface area contributed by atoms with Gasteiger partial charge in [-0.1, -0.05) is 42.5 Å². The van der Waals surface area contributed by atoms with Crippen molar-refractivity contribution in [2.45, 2.75) is 13.3 Å². The molecule has 26 heavy (non-hydrogen) atoms. The first-order valence-electron chi connectivity index (χ1n) is 8.31. The Hall–Kier alpha value is -2.99. The van der Waals surface area contributed by atoms with Gasteiger partial charge in [-0.25, -0.2) is 4.98 Å². The molecule has 2 heterocycles. The van der Waals surface area contributed by atoms with Gasteiger partial charge in [-0.15, -0.1) is 11.3 Å². The molecule has 5 nitrogen and oxygen atoms in total. The van der Waals surface area contributed by atoms with Crippen LogP contribution in [0.25, 0.3) is 27.0 Å². The van der Waals surface area contributed by atoms with E-state index in [0.29, 0.717) is 23.0 Å². The van der Waals surface area contributed by atoms with Gasteiger partial charge in [0.25, 0.3) is 0 Å². The number of aldehydes is 1. The standard InChI is InChI=1S/C20H16N2O3S/c1-2-25-18(24)10-14-11-22-17(12-23)19(21-20(22)26-14)16-9-5-7-13-6-3-4-8-15(13)16/h3-9,11-12H,2,10H2,1H3. The molecule has 0 spiro atoms. The molecule has 2 aromatic heterocycles. The Kier molecular flexibility index (Phi) is 4.26. The van der Waals surface area contributed by atoms with Crippen molar-refractivity contribution < 1.29 is 14.3 Å². The third-order valence-electron chi connectivity index (χ3n) is 4.19. The molecule has 0 unspecified atom stereocenters. The second-order valence-corrected chi connectivity index (χ2v) is 6.92. The number of aromatic nitrogens is 2. The number of carbonyl (C=O) groups is 2. The third-order valence-corrected chi connectivity index (χ3v) is 5.17. The van der Waals surface area contributed by atoms with E-state index in [1.54, 1.807) is 17.5 Å². The molecule has 2 aromatic carbocycles. The molecule has 0 bridgehead atoms. The van der Waals surface area contributed by atoms with Crippen LogP contribution in [0.2, 0.25) is 0 Å². The maximum atomic E-state index is 11.8. The van der Waals surface area contributed by atoms with E-state index in [-0.39, 0.29) is 12.4 Å². The molecule has 0 saturated heterocycles. The van der Waals surface area contributed by atoms with Gasteiger partial charge < -0.3 is 4.74 Å². The molecule has 6 heteroatoms. The molecule has 0 amide bonds. The first-order valence-corrected chi connectivity index (χ1v) is 9.12. The fraction of sp³-hybridized carbons (Fsp3) is 0.150. The highest BCUT2D eigenvalue weighted by molar-refractivity contribution is 7.17. The number of thiazole rings is 1. The molecule has 4 rings (SSSR count). The van der Waals surface area contributed by atoms with Crippen LogP contribution >= 0.6 is 11.3 Å². The highest BCUT2D eigenvalue weighted by Gasteiger charge is 2.18. The minimum absolute atomic E-state index is 0.184. The molecule has 0 aliphatic heterocycles. The van der Waals surface area contributed by atoms with Gasteiger partial charge in [0.2, 0.25) is 0 Å². The Bertz CT molecular complexity index is 1120. The normalized spacial score (nSPS) is 11.1. The van der Waals surface area contributed by atoms with Crippen LogP contribution in [0.3, 0.4) is 0 Å². The van der Waals surface area contributed by atoms with Crippen molar-refractivity contribution >= 4 is 39.3 Å². The van der Waals surface area contributed by atoms with Crippen molar-refractivity contribution in [2.24, 2.45) is 0 Å². The van der Waals surface area contributed by atoms with Crippen molar-refractivity contribution in [1.29, 1.82) is 0 Å². The van der Waals surface area contributed by atoms with Gasteiger partial charge in [0.1, 0.15) is 11.4 Å². The molecule has 130 valence electrons. The first-order chi connectivity index (χ1) is 12.7. The lowest BCUT2D eigenvalue weighted by Crippen LogP contribution is -2.06. The van der Waals surface area contributed by atoms with Crippen molar-refractivity contribution in [3.05, 3.63) is 59.2 Å². The van der Waals surface area contributed by atoms with Crippen LogP contribution in [0, 0.1) is 0 Å². The average Bonchev–Trinajstić information content (AvgIpc) is 3.18. The van der Waals surface area contributed by atoms with Gasteiger partial charge >= 0.3 is 5.97 Å². The van der Waals surface area contributed by atoms with Crippen LogP contribution in [-0.4, -0.2) is 28.2 Å². The summed E-state index contributed by atoms with van der Waals surface area (Å²) >= 11 is 1.39. The largest absolute Gasteiger partial charge is 0.466 e. The number of imidazole rings is 1. The Balaban J connectivity index is 1.82. The molecule has 0 aliphatic carbocycles. The zero-order valence-corrected chi connectivity index (χ0v) is 15.0. The van der Waals surface area contributed by atoms with E-state index in [4.69, 9.17) is 4.74 Å². The van der Waals surface area contributed by atoms with Crippen LogP contribution in [0.1, 0.15) is 22.3 Å². The third kappa shape index (κ3) is 2.78. The summed E-state index contributed by atoms with van der Waals surface area (Å²) in [5, 5.41) is 2.15. The zero-order chi connectivity index (χ0) is 18.1. The van der Waals surface area contributed by atoms with Crippen molar-refractivity contribution in [3.63, 3.8) is 0 Å². The zero-order valence-electron chi connectivity index (χ0n) is 14.1. The van der Waals surface area contributed by atoms with Gasteiger partial charge in [0.05, 0.1) is 13.0 Å². The second-order valence-electron chi connectivity index (χ2n) is 5.82. The maximum Gasteiger partial charge on any atom is 0.311 e. The van der Waals surface area contributed by atoms with Crippen molar-refractivity contribution in [3.8, 4) is 11.3 Å². The number of nitrogens with zero attached hydrogens (tertiary/aromatic N) is 2. The van der Waals surface area contributed by atoms with E-state index in [1.165, 1.54) is 11.3 Å². The summed E-state index contributed by atoms with van der Waals surface area (Å²) < 4.78 is 6.74. The minimum Gasteiger partial charge on any atom is -0.466 e. The molecular weight excluding hydrogens is 348 g/mol. The molecule has 0 saturated carbocycles. The molecular formula is C20H16N2O3S. The van der Waals surface area contributed by atoms with E-state index in [9.17, 15) is 9.59 Å². The van der Waals surface area contributed by atoms with Gasteiger partial charge in [-0.2, -0.15) is 0 Å². The van der Waals surface area contributed by atoms with E-state index in [2.05, 4.69) is 4.98 Å². The van der Waals surface area contributed by atoms with E-state index < -0.39 is 0 Å². The Morgan fingerprint density at radius 3 is 2.85 bits per heavy atom. The van der Waals surface area contributed by atoms with Gasteiger partial charge in [-0.3, -0.25) is 14.0 Å². The maximum absolute atomic E-state index is 11.8. The number of rotatable bonds is 5. The summed E-state index contributed by atoms with van der Waals surface area (Å²) in [6.07, 6.45) is 2.80. The quantitative estimate of drug-likeness (QED) is 0.394. The predicted molar refractivity (Wildman–Crippen MR) is 102 cm³/mol. The number of hydrogen-bond donors (Lipinski definition) is 0.